The Morgan fingerprint density at radius 1 is 0.894 bits per heavy atom. The van der Waals surface area contributed by atoms with Crippen LogP contribution >= 0.6 is 33.9 Å². The van der Waals surface area contributed by atoms with Crippen LogP contribution in [0.15, 0.2) is 36.5 Å². The summed E-state index contributed by atoms with van der Waals surface area (Å²) in [5.41, 5.74) is -0.953. The van der Waals surface area contributed by atoms with Gasteiger partial charge < -0.3 is 34.9 Å². The molecule has 3 amide bonds. The van der Waals surface area contributed by atoms with Crippen LogP contribution in [0.2, 0.25) is 0 Å². The predicted molar refractivity (Wildman–Crippen MR) is 180 cm³/mol. The van der Waals surface area contributed by atoms with Gasteiger partial charge in [-0.15, -0.1) is 11.3 Å². The van der Waals surface area contributed by atoms with Gasteiger partial charge in [-0.05, 0) is 32.8 Å². The van der Waals surface area contributed by atoms with Crippen LogP contribution < -0.4 is 16.0 Å². The highest BCUT2D eigenvalue weighted by molar-refractivity contribution is 14.1. The van der Waals surface area contributed by atoms with Crippen LogP contribution in [0, 0.1) is 6.92 Å². The number of hydrogen-bond donors (Lipinski definition) is 3. The second-order valence-electron chi connectivity index (χ2n) is 10.5. The van der Waals surface area contributed by atoms with Crippen LogP contribution in [0.4, 0.5) is 0 Å². The number of nitrogens with one attached hydrogen (secondary N) is 3. The number of nitrogens with zero attached hydrogens (tertiary/aromatic N) is 1. The number of carbonyl (C=O) groups is 6. The first-order valence-corrected chi connectivity index (χ1v) is 17.0. The van der Waals surface area contributed by atoms with Crippen molar-refractivity contribution in [3.05, 3.63) is 52.0 Å². The third kappa shape index (κ3) is 12.9. The molecule has 0 aliphatic carbocycles. The molecule has 0 saturated heterocycles. The van der Waals surface area contributed by atoms with Crippen molar-refractivity contribution in [1.29, 1.82) is 0 Å². The van der Waals surface area contributed by atoms with E-state index in [-0.39, 0.29) is 43.5 Å². The SMILES string of the molecule is CCOC(=O)CCC(=O)O[C@](C)(CI)C(=O)[C@H](Cc1ccccc1)NC(=O)[C@H](COC)NC(=O)[C@H](COC)NC(=O)c1cnc(C)s1. The van der Waals surface area contributed by atoms with E-state index in [1.165, 1.54) is 27.3 Å². The molecule has 1 aromatic carbocycles. The summed E-state index contributed by atoms with van der Waals surface area (Å²) < 4.78 is 20.8. The lowest BCUT2D eigenvalue weighted by atomic mass is 9.92. The average Bonchev–Trinajstić information content (AvgIpc) is 3.49. The number of aromatic nitrogens is 1. The van der Waals surface area contributed by atoms with E-state index in [1.54, 1.807) is 44.2 Å². The standard InChI is InChI=1S/C31H41IN4O10S/c1-6-45-25(37)12-13-26(38)46-31(3,18-32)27(39)21(14-20-10-8-7-9-11-20)34-28(40)22(16-43-4)35-29(41)23(17-44-5)36-30(42)24-15-33-19(2)47-24/h7-11,15,21-23H,6,12-14,16-18H2,1-5H3,(H,34,40)(H,35,41)(H,36,42)/t21-,22-,23-,31+/m0/s1. The number of thiazole rings is 1. The Bertz CT molecular complexity index is 1380. The van der Waals surface area contributed by atoms with Gasteiger partial charge in [-0.3, -0.25) is 28.8 Å². The zero-order chi connectivity index (χ0) is 35.0. The number of rotatable bonds is 20. The minimum absolute atomic E-state index is 0.0439. The van der Waals surface area contributed by atoms with Crippen LogP contribution in [-0.2, 0) is 49.3 Å². The number of amides is 3. The number of benzene rings is 1. The quantitative estimate of drug-likeness (QED) is 0.101. The Morgan fingerprint density at radius 3 is 2.00 bits per heavy atom. The van der Waals surface area contributed by atoms with Gasteiger partial charge in [0.25, 0.3) is 5.91 Å². The number of carbonyl (C=O) groups excluding carboxylic acids is 6. The molecular formula is C31H41IN4O10S. The van der Waals surface area contributed by atoms with Crippen LogP contribution in [0.1, 0.15) is 46.9 Å². The Kier molecular flexibility index (Phi) is 16.9. The van der Waals surface area contributed by atoms with E-state index in [0.29, 0.717) is 15.4 Å². The monoisotopic (exact) mass is 788 g/mol. The lowest BCUT2D eigenvalue weighted by molar-refractivity contribution is -0.165. The summed E-state index contributed by atoms with van der Waals surface area (Å²) in [6.07, 6.45) is 0.929. The molecule has 258 valence electrons. The van der Waals surface area contributed by atoms with Crippen molar-refractivity contribution in [1.82, 2.24) is 20.9 Å². The van der Waals surface area contributed by atoms with Crippen molar-refractivity contribution in [2.75, 3.05) is 38.5 Å². The van der Waals surface area contributed by atoms with Gasteiger partial charge in [-0.1, -0.05) is 52.9 Å². The van der Waals surface area contributed by atoms with Gasteiger partial charge in [0.15, 0.2) is 11.4 Å². The Labute approximate surface area is 291 Å². The number of esters is 2. The lowest BCUT2D eigenvalue weighted by Crippen LogP contribution is -2.60. The number of Topliss-reactive ketones (excluding diaryl/α,β-unsaturated/α-hetero) is 1. The molecule has 3 N–H and O–H groups in total. The summed E-state index contributed by atoms with van der Waals surface area (Å²) >= 11 is 3.07. The molecule has 0 fully saturated rings. The predicted octanol–water partition coefficient (Wildman–Crippen LogP) is 1.70. The first-order valence-electron chi connectivity index (χ1n) is 14.7. The van der Waals surface area contributed by atoms with Crippen molar-refractivity contribution < 1.29 is 47.7 Å². The fourth-order valence-electron chi connectivity index (χ4n) is 4.25. The van der Waals surface area contributed by atoms with E-state index in [1.807, 2.05) is 22.6 Å². The molecule has 14 nitrogen and oxygen atoms in total. The molecule has 0 aliphatic rings. The first-order chi connectivity index (χ1) is 22.4. The zero-order valence-corrected chi connectivity index (χ0v) is 29.9. The highest BCUT2D eigenvalue weighted by Crippen LogP contribution is 2.21. The maximum absolute atomic E-state index is 14.0. The van der Waals surface area contributed by atoms with Crippen molar-refractivity contribution in [2.45, 2.75) is 63.8 Å². The molecule has 0 bridgehead atoms. The highest BCUT2D eigenvalue weighted by Gasteiger charge is 2.42. The zero-order valence-electron chi connectivity index (χ0n) is 27.0. The molecule has 16 heteroatoms. The minimum atomic E-state index is -1.66. The first kappa shape index (κ1) is 39.7. The summed E-state index contributed by atoms with van der Waals surface area (Å²) in [4.78, 5) is 82.3. The van der Waals surface area contributed by atoms with E-state index in [0.717, 1.165) is 11.3 Å². The number of ether oxygens (including phenoxy) is 4. The molecule has 1 aromatic heterocycles. The van der Waals surface area contributed by atoms with Crippen molar-refractivity contribution in [2.24, 2.45) is 0 Å². The van der Waals surface area contributed by atoms with Crippen molar-refractivity contribution >= 4 is 69.4 Å². The summed E-state index contributed by atoms with van der Waals surface area (Å²) in [5.74, 6) is -3.96. The summed E-state index contributed by atoms with van der Waals surface area (Å²) in [7, 11) is 2.69. The van der Waals surface area contributed by atoms with E-state index < -0.39 is 59.2 Å². The van der Waals surface area contributed by atoms with Gasteiger partial charge in [0, 0.05) is 18.6 Å². The number of halogens is 1. The summed E-state index contributed by atoms with van der Waals surface area (Å²) in [6.45, 7) is 4.53. The van der Waals surface area contributed by atoms with Gasteiger partial charge in [-0.2, -0.15) is 0 Å². The second kappa shape index (κ2) is 20.0. The van der Waals surface area contributed by atoms with Gasteiger partial charge in [-0.25, -0.2) is 4.98 Å². The van der Waals surface area contributed by atoms with Crippen molar-refractivity contribution in [3.63, 3.8) is 0 Å². The fraction of sp³-hybridized carbons (Fsp3) is 0.516. The lowest BCUT2D eigenvalue weighted by Gasteiger charge is -2.31. The molecule has 0 saturated carbocycles. The summed E-state index contributed by atoms with van der Waals surface area (Å²) in [5, 5.41) is 8.53. The van der Waals surface area contributed by atoms with E-state index in [2.05, 4.69) is 20.9 Å². The largest absolute Gasteiger partial charge is 0.466 e. The molecular weight excluding hydrogens is 747 g/mol. The topological polar surface area (TPSA) is 188 Å². The van der Waals surface area contributed by atoms with Gasteiger partial charge >= 0.3 is 11.9 Å². The molecule has 2 aromatic rings. The van der Waals surface area contributed by atoms with E-state index >= 15 is 0 Å². The minimum Gasteiger partial charge on any atom is -0.466 e. The Balaban J connectivity index is 2.26. The van der Waals surface area contributed by atoms with Gasteiger partial charge in [0.05, 0.1) is 49.9 Å². The average molecular weight is 789 g/mol. The molecule has 47 heavy (non-hydrogen) atoms. The number of methoxy groups -OCH3 is 2. The molecule has 1 heterocycles. The summed E-state index contributed by atoms with van der Waals surface area (Å²) in [6, 6.07) is 5.26. The maximum Gasteiger partial charge on any atom is 0.307 e. The van der Waals surface area contributed by atoms with Crippen LogP contribution in [0.5, 0.6) is 0 Å². The smallest absolute Gasteiger partial charge is 0.307 e. The van der Waals surface area contributed by atoms with Gasteiger partial charge in [0.2, 0.25) is 11.8 Å². The molecule has 0 spiro atoms. The molecule has 4 atom stereocenters. The van der Waals surface area contributed by atoms with E-state index in [4.69, 9.17) is 18.9 Å². The number of ketones is 1. The second-order valence-corrected chi connectivity index (χ2v) is 12.5. The van der Waals surface area contributed by atoms with E-state index in [9.17, 15) is 28.8 Å². The Hall–Kier alpha value is -3.48. The molecule has 0 aliphatic heterocycles. The van der Waals surface area contributed by atoms with Gasteiger partial charge in [0.1, 0.15) is 17.0 Å². The fourth-order valence-corrected chi connectivity index (χ4v) is 5.46. The maximum atomic E-state index is 14.0. The third-order valence-electron chi connectivity index (χ3n) is 6.64. The normalized spacial score (nSPS) is 14.1. The third-order valence-corrected chi connectivity index (χ3v) is 9.00. The molecule has 0 unspecified atom stereocenters. The highest BCUT2D eigenvalue weighted by atomic mass is 127. The Morgan fingerprint density at radius 2 is 1.47 bits per heavy atom. The molecule has 0 radical (unpaired) electrons. The molecule has 2 rings (SSSR count). The van der Waals surface area contributed by atoms with Crippen LogP contribution in [0.3, 0.4) is 0 Å². The van der Waals surface area contributed by atoms with Crippen molar-refractivity contribution in [3.8, 4) is 0 Å². The van der Waals surface area contributed by atoms with Crippen LogP contribution in [-0.4, -0.2) is 103 Å². The van der Waals surface area contributed by atoms with Crippen LogP contribution in [0.25, 0.3) is 0 Å². The number of hydrogen-bond acceptors (Lipinski definition) is 12. The number of alkyl halides is 1. The number of aryl methyl sites for hydroxylation is 1.